The average molecular weight is 441 g/mol. The number of amides is 3. The molecule has 5 nitrogen and oxygen atoms in total. The molecule has 0 spiro atoms. The molecule has 28 heavy (non-hydrogen) atoms. The van der Waals surface area contributed by atoms with E-state index in [1.54, 1.807) is 12.1 Å². The van der Waals surface area contributed by atoms with Gasteiger partial charge in [-0.25, -0.2) is 0 Å². The first-order chi connectivity index (χ1) is 13.5. The molecule has 3 atom stereocenters. The normalized spacial score (nSPS) is 24.2. The number of nitrogens with zero attached hydrogens (tertiary/aromatic N) is 1. The lowest BCUT2D eigenvalue weighted by Gasteiger charge is -2.28. The van der Waals surface area contributed by atoms with Gasteiger partial charge in [-0.1, -0.05) is 46.3 Å². The number of hydrogen-bond acceptors (Lipinski definition) is 3. The van der Waals surface area contributed by atoms with Crippen LogP contribution in [0.3, 0.4) is 0 Å². The number of carbonyl (C=O) groups excluding carboxylic acids is 3. The Labute approximate surface area is 172 Å². The molecular formula is C22H21BrN2O3. The Hall–Kier alpha value is -2.47. The Kier molecular flexibility index (Phi) is 5.31. The summed E-state index contributed by atoms with van der Waals surface area (Å²) in [6.45, 7) is -0.225. The van der Waals surface area contributed by atoms with Crippen molar-refractivity contribution in [3.05, 3.63) is 64.6 Å². The molecule has 0 aromatic heterocycles. The number of nitrogens with one attached hydrogen (secondary N) is 1. The van der Waals surface area contributed by atoms with Gasteiger partial charge < -0.3 is 5.32 Å². The van der Waals surface area contributed by atoms with Crippen molar-refractivity contribution in [2.75, 3.05) is 11.9 Å². The van der Waals surface area contributed by atoms with E-state index >= 15 is 0 Å². The molecule has 144 valence electrons. The van der Waals surface area contributed by atoms with E-state index < -0.39 is 0 Å². The molecule has 1 heterocycles. The van der Waals surface area contributed by atoms with Crippen LogP contribution in [0.5, 0.6) is 0 Å². The monoisotopic (exact) mass is 440 g/mol. The molecule has 0 unspecified atom stereocenters. The van der Waals surface area contributed by atoms with Crippen LogP contribution >= 0.6 is 15.9 Å². The highest BCUT2D eigenvalue weighted by molar-refractivity contribution is 9.10. The fraction of sp³-hybridized carbons (Fsp3) is 0.318. The van der Waals surface area contributed by atoms with Gasteiger partial charge in [-0.05, 0) is 55.0 Å². The van der Waals surface area contributed by atoms with E-state index in [0.29, 0.717) is 18.5 Å². The number of hydrogen-bond donors (Lipinski definition) is 1. The Morgan fingerprint density at radius 1 is 0.964 bits per heavy atom. The second-order valence-electron chi connectivity index (χ2n) is 7.45. The minimum atomic E-state index is -0.359. The molecular weight excluding hydrogens is 420 g/mol. The number of likely N-dealkylation sites (tertiary alicyclic amines) is 1. The number of benzene rings is 2. The summed E-state index contributed by atoms with van der Waals surface area (Å²) in [6.07, 6.45) is 2.26. The van der Waals surface area contributed by atoms with Crippen molar-refractivity contribution in [1.82, 2.24) is 4.90 Å². The van der Waals surface area contributed by atoms with Crippen molar-refractivity contribution in [1.29, 1.82) is 0 Å². The lowest BCUT2D eigenvalue weighted by atomic mass is 9.73. The highest BCUT2D eigenvalue weighted by Gasteiger charge is 2.50. The molecule has 4 rings (SSSR count). The molecule has 0 radical (unpaired) electrons. The average Bonchev–Trinajstić information content (AvgIpc) is 2.95. The molecule has 1 aliphatic heterocycles. The Morgan fingerprint density at radius 3 is 2.36 bits per heavy atom. The van der Waals surface area contributed by atoms with Gasteiger partial charge in [0.05, 0.1) is 11.8 Å². The summed E-state index contributed by atoms with van der Waals surface area (Å²) in [6, 6.07) is 17.3. The van der Waals surface area contributed by atoms with Crippen LogP contribution < -0.4 is 5.32 Å². The van der Waals surface area contributed by atoms with Gasteiger partial charge in [0.2, 0.25) is 17.7 Å². The summed E-state index contributed by atoms with van der Waals surface area (Å²) in [5.74, 6) is -1.08. The minimum absolute atomic E-state index is 0.201. The van der Waals surface area contributed by atoms with Crippen LogP contribution in [0.25, 0.3) is 0 Å². The van der Waals surface area contributed by atoms with Crippen LogP contribution in [-0.2, 0) is 14.4 Å². The molecule has 0 bridgehead atoms. The molecule has 1 N–H and O–H groups in total. The quantitative estimate of drug-likeness (QED) is 0.731. The van der Waals surface area contributed by atoms with Crippen molar-refractivity contribution in [2.24, 2.45) is 11.8 Å². The zero-order chi connectivity index (χ0) is 19.7. The van der Waals surface area contributed by atoms with Crippen molar-refractivity contribution in [2.45, 2.75) is 25.2 Å². The van der Waals surface area contributed by atoms with Gasteiger partial charge in [-0.15, -0.1) is 0 Å². The molecule has 1 saturated carbocycles. The lowest BCUT2D eigenvalue weighted by Crippen LogP contribution is -2.38. The van der Waals surface area contributed by atoms with Gasteiger partial charge in [0, 0.05) is 10.2 Å². The maximum atomic E-state index is 12.9. The third-order valence-electron chi connectivity index (χ3n) is 5.72. The van der Waals surface area contributed by atoms with Crippen LogP contribution in [0.4, 0.5) is 5.69 Å². The highest BCUT2D eigenvalue weighted by Crippen LogP contribution is 2.44. The third kappa shape index (κ3) is 3.74. The van der Waals surface area contributed by atoms with Gasteiger partial charge in [0.25, 0.3) is 0 Å². The van der Waals surface area contributed by atoms with Crippen LogP contribution in [-0.4, -0.2) is 29.2 Å². The van der Waals surface area contributed by atoms with E-state index in [2.05, 4.69) is 33.4 Å². The topological polar surface area (TPSA) is 66.5 Å². The largest absolute Gasteiger partial charge is 0.325 e. The molecule has 1 aliphatic carbocycles. The number of fused-ring (bicyclic) bond motifs is 1. The number of rotatable bonds is 4. The molecule has 6 heteroatoms. The Morgan fingerprint density at radius 2 is 1.64 bits per heavy atom. The predicted molar refractivity (Wildman–Crippen MR) is 110 cm³/mol. The summed E-state index contributed by atoms with van der Waals surface area (Å²) in [4.78, 5) is 39.1. The van der Waals surface area contributed by atoms with Crippen molar-refractivity contribution in [3.8, 4) is 0 Å². The van der Waals surface area contributed by atoms with Crippen LogP contribution in [0.15, 0.2) is 59.1 Å². The summed E-state index contributed by atoms with van der Waals surface area (Å²) in [7, 11) is 0. The molecule has 3 amide bonds. The second kappa shape index (κ2) is 7.87. The molecule has 2 aromatic rings. The highest BCUT2D eigenvalue weighted by atomic mass is 79.9. The minimum Gasteiger partial charge on any atom is -0.325 e. The fourth-order valence-corrected chi connectivity index (χ4v) is 4.57. The van der Waals surface area contributed by atoms with Gasteiger partial charge in [0.1, 0.15) is 6.54 Å². The Balaban J connectivity index is 1.42. The van der Waals surface area contributed by atoms with E-state index in [9.17, 15) is 14.4 Å². The first-order valence-corrected chi connectivity index (χ1v) is 10.3. The molecule has 2 aromatic carbocycles. The van der Waals surface area contributed by atoms with E-state index in [1.165, 1.54) is 5.56 Å². The zero-order valence-corrected chi connectivity index (χ0v) is 16.9. The van der Waals surface area contributed by atoms with E-state index in [-0.39, 0.29) is 42.0 Å². The Bertz CT molecular complexity index is 898. The first-order valence-electron chi connectivity index (χ1n) is 9.48. The molecule has 2 aliphatic rings. The zero-order valence-electron chi connectivity index (χ0n) is 15.3. The number of carbonyl (C=O) groups is 3. The van der Waals surface area contributed by atoms with Gasteiger partial charge >= 0.3 is 0 Å². The fourth-order valence-electron chi connectivity index (χ4n) is 4.31. The van der Waals surface area contributed by atoms with Crippen LogP contribution in [0.2, 0.25) is 0 Å². The van der Waals surface area contributed by atoms with Crippen molar-refractivity contribution in [3.63, 3.8) is 0 Å². The predicted octanol–water partition coefficient (Wildman–Crippen LogP) is 3.96. The second-order valence-corrected chi connectivity index (χ2v) is 8.37. The van der Waals surface area contributed by atoms with E-state index in [1.807, 2.05) is 30.3 Å². The van der Waals surface area contributed by atoms with Crippen molar-refractivity contribution < 1.29 is 14.4 Å². The summed E-state index contributed by atoms with van der Waals surface area (Å²) >= 11 is 3.34. The third-order valence-corrected chi connectivity index (χ3v) is 6.25. The smallest absolute Gasteiger partial charge is 0.244 e. The lowest BCUT2D eigenvalue weighted by molar-refractivity contribution is -0.142. The van der Waals surface area contributed by atoms with E-state index in [4.69, 9.17) is 0 Å². The maximum Gasteiger partial charge on any atom is 0.244 e. The summed E-state index contributed by atoms with van der Waals surface area (Å²) < 4.78 is 0.910. The standard InChI is InChI=1S/C22H21BrN2O3/c23-16-7-9-17(10-8-16)24-20(26)13-25-21(27)18-11-6-15(12-19(18)22(25)28)14-4-2-1-3-5-14/h1-5,7-10,15,18-19H,6,11-13H2,(H,24,26)/t15-,18+,19-/m1/s1. The number of imide groups is 1. The first kappa shape index (κ1) is 18.9. The van der Waals surface area contributed by atoms with Gasteiger partial charge in [-0.3, -0.25) is 19.3 Å². The SMILES string of the molecule is O=C(CN1C(=O)[C@H]2CC[C@@H](c3ccccc3)C[C@H]2C1=O)Nc1ccc(Br)cc1. The van der Waals surface area contributed by atoms with E-state index in [0.717, 1.165) is 15.8 Å². The molecule has 1 saturated heterocycles. The molecule has 2 fully saturated rings. The number of halogens is 1. The summed E-state index contributed by atoms with van der Waals surface area (Å²) in [5.41, 5.74) is 1.85. The van der Waals surface area contributed by atoms with Gasteiger partial charge in [-0.2, -0.15) is 0 Å². The van der Waals surface area contributed by atoms with Gasteiger partial charge in [0.15, 0.2) is 0 Å². The summed E-state index contributed by atoms with van der Waals surface area (Å²) in [5, 5.41) is 2.75. The van der Waals surface area contributed by atoms with Crippen molar-refractivity contribution >= 4 is 39.3 Å². The number of anilines is 1. The van der Waals surface area contributed by atoms with Crippen LogP contribution in [0.1, 0.15) is 30.7 Å². The maximum absolute atomic E-state index is 12.9. The van der Waals surface area contributed by atoms with Crippen LogP contribution in [0, 0.1) is 11.8 Å².